The van der Waals surface area contributed by atoms with Gasteiger partial charge in [0.1, 0.15) is 5.75 Å². The lowest BCUT2D eigenvalue weighted by molar-refractivity contribution is -0.137. The van der Waals surface area contributed by atoms with Crippen molar-refractivity contribution in [2.75, 3.05) is 6.61 Å². The molecule has 0 aliphatic carbocycles. The molecule has 0 heterocycles. The minimum atomic E-state index is -0.958. The number of hydrogen-bond acceptors (Lipinski definition) is 3. The summed E-state index contributed by atoms with van der Waals surface area (Å²) >= 11 is 0. The van der Waals surface area contributed by atoms with Crippen LogP contribution in [0.3, 0.4) is 0 Å². The Balaban J connectivity index is 2.73. The number of carbonyl (C=O) groups is 2. The molecule has 0 bridgehead atoms. The molecule has 0 aliphatic heterocycles. The van der Waals surface area contributed by atoms with Gasteiger partial charge in [-0.1, -0.05) is 19.1 Å². The predicted molar refractivity (Wildman–Crippen MR) is 66.4 cm³/mol. The van der Waals surface area contributed by atoms with E-state index in [0.717, 1.165) is 17.7 Å². The van der Waals surface area contributed by atoms with Gasteiger partial charge >= 0.3 is 5.97 Å². The molecule has 0 saturated carbocycles. The molecule has 98 valence electrons. The van der Waals surface area contributed by atoms with Crippen molar-refractivity contribution in [3.8, 4) is 5.75 Å². The minimum absolute atomic E-state index is 0.145. The highest BCUT2D eigenvalue weighted by atomic mass is 16.5. The van der Waals surface area contributed by atoms with E-state index in [1.807, 2.05) is 6.92 Å². The molecule has 0 aromatic heterocycles. The number of ether oxygens (including phenoxy) is 1. The largest absolute Gasteiger partial charge is 0.494 e. The first-order chi connectivity index (χ1) is 8.67. The Bertz CT molecular complexity index is 388. The highest BCUT2D eigenvalue weighted by molar-refractivity contribution is 5.68. The van der Waals surface area contributed by atoms with E-state index in [1.165, 1.54) is 0 Å². The lowest BCUT2D eigenvalue weighted by Gasteiger charge is -2.14. The predicted octanol–water partition coefficient (Wildman–Crippen LogP) is 1.74. The molecule has 0 fully saturated rings. The summed E-state index contributed by atoms with van der Waals surface area (Å²) in [5, 5.41) is 11.3. The van der Waals surface area contributed by atoms with Gasteiger partial charge in [0.15, 0.2) is 0 Å². The number of aliphatic carboxylic acids is 1. The number of carboxylic acid groups (broad SMARTS) is 1. The lowest BCUT2D eigenvalue weighted by Crippen LogP contribution is -2.22. The Kier molecular flexibility index (Phi) is 5.70. The van der Waals surface area contributed by atoms with Crippen molar-refractivity contribution in [1.82, 2.24) is 5.32 Å². The van der Waals surface area contributed by atoms with Crippen LogP contribution in [0.1, 0.15) is 31.4 Å². The maximum Gasteiger partial charge on any atom is 0.305 e. The number of amides is 1. The summed E-state index contributed by atoms with van der Waals surface area (Å²) in [6, 6.07) is 6.54. The van der Waals surface area contributed by atoms with Crippen LogP contribution in [0.4, 0.5) is 0 Å². The van der Waals surface area contributed by atoms with Crippen molar-refractivity contribution in [3.63, 3.8) is 0 Å². The summed E-state index contributed by atoms with van der Waals surface area (Å²) in [7, 11) is 0. The SMILES string of the molecule is CCCOc1ccc(C(CC(=O)O)NC=O)cc1. The Labute approximate surface area is 106 Å². The zero-order chi connectivity index (χ0) is 13.4. The zero-order valence-corrected chi connectivity index (χ0v) is 10.3. The highest BCUT2D eigenvalue weighted by Crippen LogP contribution is 2.20. The molecular weight excluding hydrogens is 234 g/mol. The van der Waals surface area contributed by atoms with E-state index >= 15 is 0 Å². The maximum atomic E-state index is 10.7. The van der Waals surface area contributed by atoms with E-state index in [9.17, 15) is 9.59 Å². The van der Waals surface area contributed by atoms with Crippen LogP contribution in [0.2, 0.25) is 0 Å². The first kappa shape index (κ1) is 14.0. The van der Waals surface area contributed by atoms with Crippen molar-refractivity contribution in [3.05, 3.63) is 29.8 Å². The van der Waals surface area contributed by atoms with Gasteiger partial charge in [-0.05, 0) is 24.1 Å². The Hall–Kier alpha value is -2.04. The van der Waals surface area contributed by atoms with Gasteiger partial charge in [0.2, 0.25) is 6.41 Å². The van der Waals surface area contributed by atoms with Crippen LogP contribution in [-0.2, 0) is 9.59 Å². The lowest BCUT2D eigenvalue weighted by atomic mass is 10.0. The standard InChI is InChI=1S/C13H17NO4/c1-2-7-18-11-5-3-10(4-6-11)12(14-9-15)8-13(16)17/h3-6,9,12H,2,7-8H2,1H3,(H,14,15)(H,16,17). The van der Waals surface area contributed by atoms with Crippen LogP contribution in [0.25, 0.3) is 0 Å². The summed E-state index contributed by atoms with van der Waals surface area (Å²) in [4.78, 5) is 21.1. The van der Waals surface area contributed by atoms with Gasteiger partial charge in [-0.15, -0.1) is 0 Å². The third kappa shape index (κ3) is 4.45. The molecule has 1 aromatic rings. The molecule has 18 heavy (non-hydrogen) atoms. The summed E-state index contributed by atoms with van der Waals surface area (Å²) < 4.78 is 5.42. The maximum absolute atomic E-state index is 10.7. The molecule has 1 atom stereocenters. The molecule has 2 N–H and O–H groups in total. The van der Waals surface area contributed by atoms with Crippen LogP contribution in [0.5, 0.6) is 5.75 Å². The average molecular weight is 251 g/mol. The molecule has 1 aromatic carbocycles. The third-order valence-electron chi connectivity index (χ3n) is 2.40. The average Bonchev–Trinajstić information content (AvgIpc) is 2.36. The molecule has 5 nitrogen and oxygen atoms in total. The second kappa shape index (κ2) is 7.32. The molecule has 0 radical (unpaired) electrons. The van der Waals surface area contributed by atoms with Crippen LogP contribution >= 0.6 is 0 Å². The van der Waals surface area contributed by atoms with E-state index in [-0.39, 0.29) is 6.42 Å². The van der Waals surface area contributed by atoms with E-state index < -0.39 is 12.0 Å². The molecule has 0 aliphatic rings. The van der Waals surface area contributed by atoms with Crippen molar-refractivity contribution in [2.24, 2.45) is 0 Å². The smallest absolute Gasteiger partial charge is 0.305 e. The molecule has 5 heteroatoms. The normalized spacial score (nSPS) is 11.6. The van der Waals surface area contributed by atoms with E-state index in [4.69, 9.17) is 9.84 Å². The quantitative estimate of drug-likeness (QED) is 0.690. The van der Waals surface area contributed by atoms with Gasteiger partial charge in [-0.3, -0.25) is 9.59 Å². The Morgan fingerprint density at radius 1 is 1.44 bits per heavy atom. The van der Waals surface area contributed by atoms with Gasteiger partial charge in [-0.2, -0.15) is 0 Å². The number of benzene rings is 1. The number of carboxylic acids is 1. The molecule has 1 rings (SSSR count). The zero-order valence-electron chi connectivity index (χ0n) is 10.3. The van der Waals surface area contributed by atoms with Crippen LogP contribution in [0, 0.1) is 0 Å². The Morgan fingerprint density at radius 2 is 2.11 bits per heavy atom. The highest BCUT2D eigenvalue weighted by Gasteiger charge is 2.14. The summed E-state index contributed by atoms with van der Waals surface area (Å²) in [6.07, 6.45) is 1.29. The topological polar surface area (TPSA) is 75.6 Å². The first-order valence-corrected chi connectivity index (χ1v) is 5.81. The van der Waals surface area contributed by atoms with Crippen molar-refractivity contribution in [2.45, 2.75) is 25.8 Å². The first-order valence-electron chi connectivity index (χ1n) is 5.81. The summed E-state index contributed by atoms with van der Waals surface area (Å²) in [5.41, 5.74) is 0.744. The molecule has 1 unspecified atom stereocenters. The van der Waals surface area contributed by atoms with E-state index in [0.29, 0.717) is 13.0 Å². The Morgan fingerprint density at radius 3 is 2.61 bits per heavy atom. The summed E-state index contributed by atoms with van der Waals surface area (Å²) in [6.45, 7) is 2.66. The number of carbonyl (C=O) groups excluding carboxylic acids is 1. The number of rotatable bonds is 8. The molecular formula is C13H17NO4. The summed E-state index contributed by atoms with van der Waals surface area (Å²) in [5.74, 6) is -0.221. The van der Waals surface area contributed by atoms with Crippen LogP contribution < -0.4 is 10.1 Å². The van der Waals surface area contributed by atoms with Gasteiger partial charge in [-0.25, -0.2) is 0 Å². The van der Waals surface area contributed by atoms with Crippen LogP contribution in [0.15, 0.2) is 24.3 Å². The fourth-order valence-corrected chi connectivity index (χ4v) is 1.55. The monoisotopic (exact) mass is 251 g/mol. The second-order valence-electron chi connectivity index (χ2n) is 3.85. The van der Waals surface area contributed by atoms with Gasteiger partial charge in [0.05, 0.1) is 19.1 Å². The van der Waals surface area contributed by atoms with E-state index in [1.54, 1.807) is 24.3 Å². The molecule has 0 spiro atoms. The third-order valence-corrected chi connectivity index (χ3v) is 2.40. The fraction of sp³-hybridized carbons (Fsp3) is 0.385. The number of nitrogens with one attached hydrogen (secondary N) is 1. The van der Waals surface area contributed by atoms with Crippen LogP contribution in [-0.4, -0.2) is 24.1 Å². The minimum Gasteiger partial charge on any atom is -0.494 e. The molecule has 1 amide bonds. The van der Waals surface area contributed by atoms with Crippen molar-refractivity contribution < 1.29 is 19.4 Å². The van der Waals surface area contributed by atoms with Gasteiger partial charge in [0.25, 0.3) is 0 Å². The molecule has 0 saturated heterocycles. The van der Waals surface area contributed by atoms with Crippen molar-refractivity contribution in [1.29, 1.82) is 0 Å². The van der Waals surface area contributed by atoms with E-state index in [2.05, 4.69) is 5.32 Å². The fourth-order valence-electron chi connectivity index (χ4n) is 1.55. The van der Waals surface area contributed by atoms with Gasteiger partial charge < -0.3 is 15.2 Å². The number of hydrogen-bond donors (Lipinski definition) is 2. The second-order valence-corrected chi connectivity index (χ2v) is 3.85. The van der Waals surface area contributed by atoms with Crippen molar-refractivity contribution >= 4 is 12.4 Å². The van der Waals surface area contributed by atoms with Gasteiger partial charge in [0, 0.05) is 0 Å².